The van der Waals surface area contributed by atoms with Gasteiger partial charge in [0.1, 0.15) is 0 Å². The van der Waals surface area contributed by atoms with Gasteiger partial charge in [-0.2, -0.15) is 0 Å². The molecule has 0 spiro atoms. The van der Waals surface area contributed by atoms with Crippen LogP contribution in [0, 0.1) is 0 Å². The Kier molecular flexibility index (Phi) is 3.66. The summed E-state index contributed by atoms with van der Waals surface area (Å²) in [4.78, 5) is 13.7. The fourth-order valence-electron chi connectivity index (χ4n) is 1.66. The van der Waals surface area contributed by atoms with E-state index in [1.165, 1.54) is 0 Å². The van der Waals surface area contributed by atoms with E-state index in [9.17, 15) is 0 Å². The third-order valence-corrected chi connectivity index (χ3v) is 2.73. The number of nitrogens with zero attached hydrogens (tertiary/aromatic N) is 3. The van der Waals surface area contributed by atoms with Gasteiger partial charge in [-0.05, 0) is 12.1 Å². The molecule has 0 saturated carbocycles. The summed E-state index contributed by atoms with van der Waals surface area (Å²) in [7, 11) is 3.64. The highest BCUT2D eigenvalue weighted by Gasteiger charge is 2.06. The summed E-state index contributed by atoms with van der Waals surface area (Å²) < 4.78 is 0. The Balaban J connectivity index is 1.98. The summed E-state index contributed by atoms with van der Waals surface area (Å²) >= 11 is 0. The largest absolute Gasteiger partial charge is 0.370 e. The minimum atomic E-state index is 0.452. The molecule has 0 radical (unpaired) electrons. The van der Waals surface area contributed by atoms with Crippen molar-refractivity contribution in [1.29, 1.82) is 0 Å². The van der Waals surface area contributed by atoms with Gasteiger partial charge >= 0.3 is 0 Å². The van der Waals surface area contributed by atoms with E-state index in [2.05, 4.69) is 20.3 Å². The third-order valence-electron chi connectivity index (χ3n) is 2.73. The van der Waals surface area contributed by atoms with Crippen molar-refractivity contribution in [2.75, 3.05) is 32.1 Å². The molecule has 4 N–H and O–H groups in total. The first-order valence-corrected chi connectivity index (χ1v) is 5.82. The normalized spacial score (nSPS) is 11.8. The van der Waals surface area contributed by atoms with Crippen molar-refractivity contribution in [1.82, 2.24) is 15.3 Å². The van der Waals surface area contributed by atoms with Crippen molar-refractivity contribution in [3.8, 4) is 0 Å². The maximum absolute atomic E-state index is 5.56. The molecule has 0 aliphatic carbocycles. The highest BCUT2D eigenvalue weighted by Crippen LogP contribution is 2.15. The molecule has 96 valence electrons. The number of aromatic amines is 1. The predicted molar refractivity (Wildman–Crippen MR) is 74.9 cm³/mol. The van der Waals surface area contributed by atoms with Crippen molar-refractivity contribution >= 4 is 22.9 Å². The molecule has 1 heterocycles. The molecule has 0 aliphatic rings. The Labute approximate surface area is 106 Å². The molecule has 0 fully saturated rings. The molecule has 0 amide bonds. The Morgan fingerprint density at radius 1 is 1.50 bits per heavy atom. The van der Waals surface area contributed by atoms with Crippen molar-refractivity contribution in [2.45, 2.75) is 0 Å². The van der Waals surface area contributed by atoms with Crippen molar-refractivity contribution in [2.24, 2.45) is 10.7 Å². The number of H-pyrrole nitrogens is 1. The number of rotatable bonds is 4. The lowest BCUT2D eigenvalue weighted by Gasteiger charge is -2.16. The van der Waals surface area contributed by atoms with Crippen LogP contribution in [0.25, 0.3) is 11.0 Å². The molecule has 0 aliphatic heterocycles. The maximum atomic E-state index is 5.56. The number of fused-ring (bicyclic) bond motifs is 1. The first-order chi connectivity index (χ1) is 8.70. The molecule has 1 aromatic carbocycles. The number of imidazole rings is 1. The van der Waals surface area contributed by atoms with Gasteiger partial charge in [0, 0.05) is 27.2 Å². The second kappa shape index (κ2) is 5.39. The Morgan fingerprint density at radius 3 is 3.00 bits per heavy atom. The summed E-state index contributed by atoms with van der Waals surface area (Å²) in [5.74, 6) is 1.30. The third kappa shape index (κ3) is 2.71. The molecule has 0 bridgehead atoms. The minimum absolute atomic E-state index is 0.452. The van der Waals surface area contributed by atoms with Crippen molar-refractivity contribution in [3.05, 3.63) is 24.3 Å². The Morgan fingerprint density at radius 2 is 2.28 bits per heavy atom. The number of benzene rings is 1. The maximum Gasteiger partial charge on any atom is 0.203 e. The number of nitrogens with two attached hydrogens (primary N) is 1. The quantitative estimate of drug-likeness (QED) is 0.543. The van der Waals surface area contributed by atoms with E-state index in [-0.39, 0.29) is 0 Å². The van der Waals surface area contributed by atoms with Gasteiger partial charge < -0.3 is 20.9 Å². The number of aromatic nitrogens is 2. The average molecular weight is 246 g/mol. The summed E-state index contributed by atoms with van der Waals surface area (Å²) in [6.07, 6.45) is 0. The number of nitrogens with one attached hydrogen (secondary N) is 2. The smallest absolute Gasteiger partial charge is 0.203 e. The van der Waals surface area contributed by atoms with Crippen LogP contribution in [0.4, 0.5) is 5.95 Å². The Hall–Kier alpha value is -2.24. The molecule has 6 nitrogen and oxygen atoms in total. The number of hydrogen-bond acceptors (Lipinski definition) is 3. The SMILES string of the molecule is CN=C(N)NCCN(C)c1nc2ccccc2[nH]1. The van der Waals surface area contributed by atoms with E-state index in [4.69, 9.17) is 5.73 Å². The van der Waals surface area contributed by atoms with Gasteiger partial charge in [0.2, 0.25) is 5.95 Å². The number of anilines is 1. The van der Waals surface area contributed by atoms with Crippen LogP contribution in [-0.2, 0) is 0 Å². The second-order valence-electron chi connectivity index (χ2n) is 4.03. The van der Waals surface area contributed by atoms with Gasteiger partial charge in [0.15, 0.2) is 5.96 Å². The zero-order valence-corrected chi connectivity index (χ0v) is 10.6. The molecule has 2 aromatic rings. The molecule has 0 saturated heterocycles. The first kappa shape index (κ1) is 12.2. The fraction of sp³-hybridized carbons (Fsp3) is 0.333. The van der Waals surface area contributed by atoms with Crippen LogP contribution in [0.1, 0.15) is 0 Å². The fourth-order valence-corrected chi connectivity index (χ4v) is 1.66. The van der Waals surface area contributed by atoms with Gasteiger partial charge in [-0.25, -0.2) is 4.98 Å². The lowest BCUT2D eigenvalue weighted by molar-refractivity contribution is 0.801. The molecule has 18 heavy (non-hydrogen) atoms. The minimum Gasteiger partial charge on any atom is -0.370 e. The van der Waals surface area contributed by atoms with Crippen molar-refractivity contribution < 1.29 is 0 Å². The summed E-state index contributed by atoms with van der Waals surface area (Å²) in [6, 6.07) is 7.97. The van der Waals surface area contributed by atoms with E-state index in [1.54, 1.807) is 7.05 Å². The van der Waals surface area contributed by atoms with Gasteiger partial charge in [-0.15, -0.1) is 0 Å². The van der Waals surface area contributed by atoms with Crippen LogP contribution in [-0.4, -0.2) is 43.1 Å². The Bertz CT molecular complexity index is 511. The number of para-hydroxylation sites is 2. The first-order valence-electron chi connectivity index (χ1n) is 5.82. The summed E-state index contributed by atoms with van der Waals surface area (Å²) in [5, 5.41) is 3.01. The van der Waals surface area contributed by atoms with Crippen LogP contribution in [0.2, 0.25) is 0 Å². The van der Waals surface area contributed by atoms with E-state index in [1.807, 2.05) is 36.2 Å². The standard InChI is InChI=1S/C12H18N6/c1-14-11(13)15-7-8-18(2)12-16-9-5-3-4-6-10(9)17-12/h3-6H,7-8H2,1-2H3,(H,16,17)(H3,13,14,15). The number of likely N-dealkylation sites (N-methyl/N-ethyl adjacent to an activating group) is 1. The number of aliphatic imine (C=N–C) groups is 1. The molecular weight excluding hydrogens is 228 g/mol. The van der Waals surface area contributed by atoms with E-state index in [0.717, 1.165) is 30.1 Å². The summed E-state index contributed by atoms with van der Waals surface area (Å²) in [5.41, 5.74) is 7.57. The van der Waals surface area contributed by atoms with Crippen LogP contribution in [0.3, 0.4) is 0 Å². The number of guanidine groups is 1. The lowest BCUT2D eigenvalue weighted by atomic mass is 10.3. The second-order valence-corrected chi connectivity index (χ2v) is 4.03. The van der Waals surface area contributed by atoms with Gasteiger partial charge in [0.05, 0.1) is 11.0 Å². The average Bonchev–Trinajstić information content (AvgIpc) is 2.82. The summed E-state index contributed by atoms with van der Waals surface area (Å²) in [6.45, 7) is 1.51. The topological polar surface area (TPSA) is 82.3 Å². The van der Waals surface area contributed by atoms with Crippen LogP contribution >= 0.6 is 0 Å². The zero-order chi connectivity index (χ0) is 13.0. The van der Waals surface area contributed by atoms with E-state index >= 15 is 0 Å². The molecule has 0 unspecified atom stereocenters. The molecule has 2 rings (SSSR count). The zero-order valence-electron chi connectivity index (χ0n) is 10.6. The van der Waals surface area contributed by atoms with Gasteiger partial charge in [-0.1, -0.05) is 12.1 Å². The molecular formula is C12H18N6. The van der Waals surface area contributed by atoms with E-state index < -0.39 is 0 Å². The van der Waals surface area contributed by atoms with E-state index in [0.29, 0.717) is 5.96 Å². The highest BCUT2D eigenvalue weighted by atomic mass is 15.3. The monoisotopic (exact) mass is 246 g/mol. The molecule has 1 aromatic heterocycles. The van der Waals surface area contributed by atoms with Gasteiger partial charge in [-0.3, -0.25) is 4.99 Å². The molecule has 0 atom stereocenters. The van der Waals surface area contributed by atoms with Gasteiger partial charge in [0.25, 0.3) is 0 Å². The van der Waals surface area contributed by atoms with Crippen LogP contribution in [0.5, 0.6) is 0 Å². The highest BCUT2D eigenvalue weighted by molar-refractivity contribution is 5.78. The molecule has 6 heteroatoms. The van der Waals surface area contributed by atoms with Crippen molar-refractivity contribution in [3.63, 3.8) is 0 Å². The predicted octanol–water partition coefficient (Wildman–Crippen LogP) is 0.533. The van der Waals surface area contributed by atoms with Crippen LogP contribution in [0.15, 0.2) is 29.3 Å². The van der Waals surface area contributed by atoms with Crippen LogP contribution < -0.4 is 16.0 Å². The lowest BCUT2D eigenvalue weighted by Crippen LogP contribution is -2.37. The number of hydrogen-bond donors (Lipinski definition) is 3.